The molecule has 2 aromatic carbocycles. The lowest BCUT2D eigenvalue weighted by Gasteiger charge is -2.10. The van der Waals surface area contributed by atoms with Crippen molar-refractivity contribution in [3.63, 3.8) is 0 Å². The number of anilines is 1. The van der Waals surface area contributed by atoms with Gasteiger partial charge in [0.25, 0.3) is 0 Å². The van der Waals surface area contributed by atoms with Crippen LogP contribution in [0, 0.1) is 22.9 Å². The van der Waals surface area contributed by atoms with Crippen molar-refractivity contribution < 1.29 is 14.1 Å². The van der Waals surface area contributed by atoms with Crippen LogP contribution in [0.5, 0.6) is 0 Å². The second-order valence-electron chi connectivity index (χ2n) is 6.45. The molecule has 2 N–H and O–H groups in total. The fourth-order valence-electron chi connectivity index (χ4n) is 2.68. The monoisotopic (exact) mass is 414 g/mol. The molecule has 0 saturated heterocycles. The number of nitrogens with one attached hydrogen (secondary N) is 2. The summed E-state index contributed by atoms with van der Waals surface area (Å²) in [7, 11) is 0. The Balaban J connectivity index is 1.65. The lowest BCUT2D eigenvalue weighted by Crippen LogP contribution is -2.22. The molecule has 0 fully saturated rings. The van der Waals surface area contributed by atoms with Crippen LogP contribution in [0.25, 0.3) is 0 Å². The predicted octanol–water partition coefficient (Wildman–Crippen LogP) is 4.48. The highest BCUT2D eigenvalue weighted by Gasteiger charge is 2.20. The largest absolute Gasteiger partial charge is 0.337 e. The molecule has 1 amide bonds. The standard InChI is InChI=1S/C20H19FN4O3S/c1-12-17(10-14-6-4-3-5-7-14)24-20(22-12)29-13(2)19(26)23-15-8-9-16(21)18(11-15)25(27)28/h3-9,11,13H,10H2,1-2H3,(H,22,24)(H,23,26). The second kappa shape index (κ2) is 8.87. The number of benzene rings is 2. The molecule has 0 radical (unpaired) electrons. The molecular formula is C20H19FN4O3S. The fourth-order valence-corrected chi connectivity index (χ4v) is 3.56. The number of hydrogen-bond acceptors (Lipinski definition) is 5. The van der Waals surface area contributed by atoms with E-state index in [0.29, 0.717) is 11.6 Å². The van der Waals surface area contributed by atoms with Crippen LogP contribution in [0.15, 0.2) is 53.7 Å². The first-order chi connectivity index (χ1) is 13.8. The number of carbonyl (C=O) groups is 1. The minimum Gasteiger partial charge on any atom is -0.337 e. The number of aromatic amines is 1. The molecule has 0 saturated carbocycles. The van der Waals surface area contributed by atoms with Gasteiger partial charge in [-0.1, -0.05) is 42.1 Å². The number of nitro benzene ring substituents is 1. The van der Waals surface area contributed by atoms with E-state index in [-0.39, 0.29) is 11.6 Å². The molecule has 7 nitrogen and oxygen atoms in total. The molecule has 1 unspecified atom stereocenters. The van der Waals surface area contributed by atoms with Crippen molar-refractivity contribution in [1.29, 1.82) is 0 Å². The maximum atomic E-state index is 13.4. The van der Waals surface area contributed by atoms with Crippen molar-refractivity contribution in [1.82, 2.24) is 9.97 Å². The van der Waals surface area contributed by atoms with Crippen LogP contribution >= 0.6 is 11.8 Å². The van der Waals surface area contributed by atoms with Gasteiger partial charge in [-0.05, 0) is 31.5 Å². The number of rotatable bonds is 7. The molecule has 0 aliphatic rings. The summed E-state index contributed by atoms with van der Waals surface area (Å²) in [5.41, 5.74) is 2.45. The number of aryl methyl sites for hydroxylation is 1. The Labute approximate surface area is 170 Å². The Hall–Kier alpha value is -3.20. The highest BCUT2D eigenvalue weighted by Crippen LogP contribution is 2.26. The topological polar surface area (TPSA) is 101 Å². The molecule has 3 aromatic rings. The summed E-state index contributed by atoms with van der Waals surface area (Å²) in [5.74, 6) is -1.32. The minimum absolute atomic E-state index is 0.163. The summed E-state index contributed by atoms with van der Waals surface area (Å²) in [6, 6.07) is 13.2. The van der Waals surface area contributed by atoms with E-state index in [0.717, 1.165) is 29.1 Å². The number of thioether (sulfide) groups is 1. The highest BCUT2D eigenvalue weighted by atomic mass is 32.2. The van der Waals surface area contributed by atoms with Crippen molar-refractivity contribution in [2.45, 2.75) is 30.7 Å². The normalized spacial score (nSPS) is 11.8. The van der Waals surface area contributed by atoms with Gasteiger partial charge in [0.05, 0.1) is 15.9 Å². The van der Waals surface area contributed by atoms with E-state index in [1.807, 2.05) is 37.3 Å². The van der Waals surface area contributed by atoms with Gasteiger partial charge in [0, 0.05) is 23.9 Å². The summed E-state index contributed by atoms with van der Waals surface area (Å²) >= 11 is 1.24. The SMILES string of the molecule is Cc1[nH]c(SC(C)C(=O)Nc2ccc(F)c([N+](=O)[O-])c2)nc1Cc1ccccc1. The first-order valence-corrected chi connectivity index (χ1v) is 9.72. The lowest BCUT2D eigenvalue weighted by atomic mass is 10.1. The van der Waals surface area contributed by atoms with Crippen molar-refractivity contribution in [3.8, 4) is 0 Å². The molecule has 1 heterocycles. The number of hydrogen-bond donors (Lipinski definition) is 2. The van der Waals surface area contributed by atoms with Gasteiger partial charge in [-0.15, -0.1) is 0 Å². The van der Waals surface area contributed by atoms with Crippen LogP contribution in [0.3, 0.4) is 0 Å². The molecule has 0 spiro atoms. The van der Waals surface area contributed by atoms with Crippen molar-refractivity contribution in [2.75, 3.05) is 5.32 Å². The summed E-state index contributed by atoms with van der Waals surface area (Å²) in [5, 5.41) is 13.5. The van der Waals surface area contributed by atoms with Gasteiger partial charge in [0.15, 0.2) is 5.16 Å². The average Bonchev–Trinajstić information content (AvgIpc) is 3.02. The van der Waals surface area contributed by atoms with Gasteiger partial charge in [0.2, 0.25) is 11.7 Å². The van der Waals surface area contributed by atoms with Gasteiger partial charge in [-0.25, -0.2) is 4.98 Å². The predicted molar refractivity (Wildman–Crippen MR) is 110 cm³/mol. The summed E-state index contributed by atoms with van der Waals surface area (Å²) < 4.78 is 13.4. The van der Waals surface area contributed by atoms with E-state index in [1.165, 1.54) is 17.8 Å². The number of nitrogens with zero attached hydrogens (tertiary/aromatic N) is 2. The first-order valence-electron chi connectivity index (χ1n) is 8.84. The number of nitro groups is 1. The molecule has 0 aliphatic heterocycles. The zero-order valence-electron chi connectivity index (χ0n) is 15.8. The number of halogens is 1. The molecule has 29 heavy (non-hydrogen) atoms. The third-order valence-electron chi connectivity index (χ3n) is 4.25. The summed E-state index contributed by atoms with van der Waals surface area (Å²) in [6.07, 6.45) is 0.684. The second-order valence-corrected chi connectivity index (χ2v) is 7.78. The van der Waals surface area contributed by atoms with Crippen LogP contribution in [0.4, 0.5) is 15.8 Å². The molecule has 9 heteroatoms. The maximum absolute atomic E-state index is 13.4. The number of amides is 1. The molecular weight excluding hydrogens is 395 g/mol. The third-order valence-corrected chi connectivity index (χ3v) is 5.23. The molecule has 0 aliphatic carbocycles. The van der Waals surface area contributed by atoms with E-state index in [2.05, 4.69) is 15.3 Å². The Morgan fingerprint density at radius 1 is 1.31 bits per heavy atom. The van der Waals surface area contributed by atoms with Gasteiger partial charge < -0.3 is 10.3 Å². The van der Waals surface area contributed by atoms with Gasteiger partial charge >= 0.3 is 5.69 Å². The molecule has 3 rings (SSSR count). The Kier molecular flexibility index (Phi) is 6.28. The van der Waals surface area contributed by atoms with Crippen molar-refractivity contribution in [2.24, 2.45) is 0 Å². The van der Waals surface area contributed by atoms with Gasteiger partial charge in [-0.3, -0.25) is 14.9 Å². The van der Waals surface area contributed by atoms with E-state index in [1.54, 1.807) is 6.92 Å². The quantitative estimate of drug-likeness (QED) is 0.337. The molecule has 1 atom stereocenters. The average molecular weight is 414 g/mol. The van der Waals surface area contributed by atoms with Crippen molar-refractivity contribution in [3.05, 3.63) is 81.4 Å². The van der Waals surface area contributed by atoms with E-state index in [9.17, 15) is 19.3 Å². The first kappa shape index (κ1) is 20.5. The lowest BCUT2D eigenvalue weighted by molar-refractivity contribution is -0.387. The molecule has 150 valence electrons. The van der Waals surface area contributed by atoms with Crippen molar-refractivity contribution >= 4 is 29.0 Å². The maximum Gasteiger partial charge on any atom is 0.306 e. The Bertz CT molecular complexity index is 1040. The number of carbonyl (C=O) groups excluding carboxylic acids is 1. The minimum atomic E-state index is -0.951. The number of aromatic nitrogens is 2. The smallest absolute Gasteiger partial charge is 0.306 e. The Morgan fingerprint density at radius 3 is 2.72 bits per heavy atom. The van der Waals surface area contributed by atoms with Crippen LogP contribution in [-0.2, 0) is 11.2 Å². The molecule has 0 bridgehead atoms. The third kappa shape index (κ3) is 5.20. The van der Waals surface area contributed by atoms with Gasteiger partial charge in [0.1, 0.15) is 0 Å². The number of imidazole rings is 1. The zero-order valence-corrected chi connectivity index (χ0v) is 16.6. The molecule has 1 aromatic heterocycles. The number of H-pyrrole nitrogens is 1. The Morgan fingerprint density at radius 2 is 2.03 bits per heavy atom. The van der Waals surface area contributed by atoms with E-state index < -0.39 is 21.7 Å². The van der Waals surface area contributed by atoms with Crippen LogP contribution in [0.2, 0.25) is 0 Å². The zero-order chi connectivity index (χ0) is 21.0. The summed E-state index contributed by atoms with van der Waals surface area (Å²) in [4.78, 5) is 30.2. The highest BCUT2D eigenvalue weighted by molar-refractivity contribution is 8.00. The van der Waals surface area contributed by atoms with E-state index >= 15 is 0 Å². The summed E-state index contributed by atoms with van der Waals surface area (Å²) in [6.45, 7) is 3.63. The van der Waals surface area contributed by atoms with Crippen LogP contribution < -0.4 is 5.32 Å². The van der Waals surface area contributed by atoms with Gasteiger partial charge in [-0.2, -0.15) is 4.39 Å². The van der Waals surface area contributed by atoms with Crippen LogP contribution in [0.1, 0.15) is 23.9 Å². The van der Waals surface area contributed by atoms with Crippen LogP contribution in [-0.4, -0.2) is 26.0 Å². The fraction of sp³-hybridized carbons (Fsp3) is 0.200. The van der Waals surface area contributed by atoms with E-state index in [4.69, 9.17) is 0 Å².